The summed E-state index contributed by atoms with van der Waals surface area (Å²) < 4.78 is 0.964. The predicted molar refractivity (Wildman–Crippen MR) is 61.4 cm³/mol. The Kier molecular flexibility index (Phi) is 2.37. The predicted octanol–water partition coefficient (Wildman–Crippen LogP) is 2.15. The molecule has 14 heavy (non-hydrogen) atoms. The highest BCUT2D eigenvalue weighted by Crippen LogP contribution is 2.23. The molecule has 2 rings (SSSR count). The topological polar surface area (TPSA) is 49.9 Å². The summed E-state index contributed by atoms with van der Waals surface area (Å²) in [5, 5.41) is 0.824. The average molecular weight is 299 g/mol. The molecule has 0 aliphatic carbocycles. The van der Waals surface area contributed by atoms with Crippen LogP contribution in [0.3, 0.4) is 0 Å². The van der Waals surface area contributed by atoms with Gasteiger partial charge in [-0.3, -0.25) is 9.59 Å². The van der Waals surface area contributed by atoms with Crippen molar-refractivity contribution in [3.05, 3.63) is 33.5 Å². The highest BCUT2D eigenvalue weighted by atomic mass is 127. The van der Waals surface area contributed by atoms with Gasteiger partial charge in [0.25, 0.3) is 0 Å². The van der Waals surface area contributed by atoms with E-state index < -0.39 is 5.78 Å². The number of aldehydes is 1. The van der Waals surface area contributed by atoms with Gasteiger partial charge in [0.1, 0.15) is 0 Å². The van der Waals surface area contributed by atoms with Crippen molar-refractivity contribution in [3.8, 4) is 0 Å². The van der Waals surface area contributed by atoms with Gasteiger partial charge in [0.15, 0.2) is 6.29 Å². The Bertz CT molecular complexity index is 516. The molecular weight excluding hydrogens is 293 g/mol. The number of H-pyrrole nitrogens is 1. The van der Waals surface area contributed by atoms with Crippen LogP contribution in [0.4, 0.5) is 0 Å². The number of aromatic amines is 1. The van der Waals surface area contributed by atoms with Crippen molar-refractivity contribution in [2.75, 3.05) is 0 Å². The lowest BCUT2D eigenvalue weighted by Crippen LogP contribution is -1.98. The molecule has 1 aromatic heterocycles. The summed E-state index contributed by atoms with van der Waals surface area (Å²) in [6.07, 6.45) is 1.91. The second-order valence-electron chi connectivity index (χ2n) is 2.85. The Morgan fingerprint density at radius 1 is 1.43 bits per heavy atom. The number of benzene rings is 1. The summed E-state index contributed by atoms with van der Waals surface area (Å²) in [6.45, 7) is 0. The van der Waals surface area contributed by atoms with E-state index >= 15 is 0 Å². The zero-order chi connectivity index (χ0) is 10.1. The molecule has 0 aliphatic rings. The number of carbonyl (C=O) groups excluding carboxylic acids is 2. The van der Waals surface area contributed by atoms with Crippen molar-refractivity contribution in [2.24, 2.45) is 0 Å². The third-order valence-electron chi connectivity index (χ3n) is 2.03. The van der Waals surface area contributed by atoms with Gasteiger partial charge in [0.05, 0.1) is 5.56 Å². The first-order valence-electron chi connectivity index (χ1n) is 3.99. The standard InChI is InChI=1S/C10H6INO2/c11-7-2-1-3-8-10(7)6(4-12-8)9(14)5-13/h1-5,12H. The first-order chi connectivity index (χ1) is 6.74. The van der Waals surface area contributed by atoms with Crippen LogP contribution in [0.5, 0.6) is 0 Å². The Hall–Kier alpha value is -1.17. The van der Waals surface area contributed by atoms with E-state index in [2.05, 4.69) is 27.6 Å². The van der Waals surface area contributed by atoms with Crippen molar-refractivity contribution in [3.63, 3.8) is 0 Å². The van der Waals surface area contributed by atoms with Crippen LogP contribution in [0.1, 0.15) is 10.4 Å². The third kappa shape index (κ3) is 1.35. The molecule has 0 aliphatic heterocycles. The molecule has 1 heterocycles. The molecule has 0 amide bonds. The van der Waals surface area contributed by atoms with E-state index in [-0.39, 0.29) is 0 Å². The number of aromatic nitrogens is 1. The molecule has 4 heteroatoms. The van der Waals surface area contributed by atoms with Crippen molar-refractivity contribution in [2.45, 2.75) is 0 Å². The maximum atomic E-state index is 11.2. The summed E-state index contributed by atoms with van der Waals surface area (Å²) in [5.74, 6) is -0.486. The molecule has 70 valence electrons. The third-order valence-corrected chi connectivity index (χ3v) is 2.93. The van der Waals surface area contributed by atoms with E-state index in [4.69, 9.17) is 0 Å². The van der Waals surface area contributed by atoms with Gasteiger partial charge in [0, 0.05) is 20.7 Å². The Morgan fingerprint density at radius 3 is 2.93 bits per heavy atom. The van der Waals surface area contributed by atoms with Crippen LogP contribution < -0.4 is 0 Å². The Labute approximate surface area is 93.6 Å². The van der Waals surface area contributed by atoms with Crippen molar-refractivity contribution in [1.29, 1.82) is 0 Å². The fourth-order valence-electron chi connectivity index (χ4n) is 1.40. The quantitative estimate of drug-likeness (QED) is 0.400. The average Bonchev–Trinajstić information content (AvgIpc) is 2.62. The molecule has 0 fully saturated rings. The lowest BCUT2D eigenvalue weighted by atomic mass is 10.1. The molecule has 0 radical (unpaired) electrons. The number of nitrogens with one attached hydrogen (secondary N) is 1. The Balaban J connectivity index is 2.79. The van der Waals surface area contributed by atoms with Gasteiger partial charge >= 0.3 is 0 Å². The molecule has 3 nitrogen and oxygen atoms in total. The molecule has 2 aromatic rings. The summed E-state index contributed by atoms with van der Waals surface area (Å²) in [5.41, 5.74) is 1.32. The smallest absolute Gasteiger partial charge is 0.227 e. The number of ketones is 1. The number of fused-ring (bicyclic) bond motifs is 1. The van der Waals surface area contributed by atoms with Gasteiger partial charge < -0.3 is 4.98 Å². The number of Topliss-reactive ketones (excluding diaryl/α,β-unsaturated/α-hetero) is 1. The highest BCUT2D eigenvalue weighted by molar-refractivity contribution is 14.1. The zero-order valence-corrected chi connectivity index (χ0v) is 9.24. The maximum Gasteiger partial charge on any atom is 0.227 e. The van der Waals surface area contributed by atoms with E-state index in [1.807, 2.05) is 18.2 Å². The van der Waals surface area contributed by atoms with Crippen LogP contribution in [-0.2, 0) is 4.79 Å². The number of hydrogen-bond donors (Lipinski definition) is 1. The molecular formula is C10H6INO2. The minimum absolute atomic E-state index is 0.339. The SMILES string of the molecule is O=CC(=O)c1c[nH]c2cccc(I)c12. The summed E-state index contributed by atoms with van der Waals surface area (Å²) >= 11 is 2.14. The molecule has 0 saturated heterocycles. The number of hydrogen-bond acceptors (Lipinski definition) is 2. The lowest BCUT2D eigenvalue weighted by molar-refractivity contribution is -0.104. The van der Waals surface area contributed by atoms with Crippen LogP contribution in [-0.4, -0.2) is 17.1 Å². The normalized spacial score (nSPS) is 10.4. The summed E-state index contributed by atoms with van der Waals surface area (Å²) in [6, 6.07) is 5.67. The summed E-state index contributed by atoms with van der Waals surface area (Å²) in [7, 11) is 0. The van der Waals surface area contributed by atoms with Crippen molar-refractivity contribution >= 4 is 45.6 Å². The van der Waals surface area contributed by atoms with E-state index in [1.165, 1.54) is 0 Å². The molecule has 0 atom stereocenters. The van der Waals surface area contributed by atoms with E-state index in [0.29, 0.717) is 11.8 Å². The van der Waals surface area contributed by atoms with Crippen LogP contribution in [0, 0.1) is 3.57 Å². The number of halogens is 1. The van der Waals surface area contributed by atoms with Crippen molar-refractivity contribution in [1.82, 2.24) is 4.98 Å². The van der Waals surface area contributed by atoms with Gasteiger partial charge in [-0.25, -0.2) is 0 Å². The van der Waals surface area contributed by atoms with Crippen LogP contribution in [0.2, 0.25) is 0 Å². The second kappa shape index (κ2) is 3.53. The van der Waals surface area contributed by atoms with E-state index in [9.17, 15) is 9.59 Å². The first kappa shape index (κ1) is 9.39. The van der Waals surface area contributed by atoms with Gasteiger partial charge in [0.2, 0.25) is 5.78 Å². The van der Waals surface area contributed by atoms with Gasteiger partial charge in [-0.15, -0.1) is 0 Å². The van der Waals surface area contributed by atoms with E-state index in [1.54, 1.807) is 6.20 Å². The van der Waals surface area contributed by atoms with Gasteiger partial charge in [-0.1, -0.05) is 6.07 Å². The molecule has 0 unspecified atom stereocenters. The van der Waals surface area contributed by atoms with Gasteiger partial charge in [-0.2, -0.15) is 0 Å². The van der Waals surface area contributed by atoms with Crippen LogP contribution in [0.25, 0.3) is 10.9 Å². The fraction of sp³-hybridized carbons (Fsp3) is 0. The lowest BCUT2D eigenvalue weighted by Gasteiger charge is -1.95. The maximum absolute atomic E-state index is 11.2. The largest absolute Gasteiger partial charge is 0.360 e. The van der Waals surface area contributed by atoms with E-state index in [0.717, 1.165) is 14.5 Å². The van der Waals surface area contributed by atoms with Crippen LogP contribution >= 0.6 is 22.6 Å². The zero-order valence-electron chi connectivity index (χ0n) is 7.08. The number of carbonyl (C=O) groups is 2. The fourth-order valence-corrected chi connectivity index (χ4v) is 2.19. The minimum atomic E-state index is -0.486. The van der Waals surface area contributed by atoms with Crippen LogP contribution in [0.15, 0.2) is 24.4 Å². The van der Waals surface area contributed by atoms with Gasteiger partial charge in [-0.05, 0) is 34.7 Å². The Morgan fingerprint density at radius 2 is 2.21 bits per heavy atom. The first-order valence-corrected chi connectivity index (χ1v) is 5.07. The monoisotopic (exact) mass is 299 g/mol. The second-order valence-corrected chi connectivity index (χ2v) is 4.01. The molecule has 0 saturated carbocycles. The van der Waals surface area contributed by atoms with Crippen molar-refractivity contribution < 1.29 is 9.59 Å². The molecule has 0 bridgehead atoms. The highest BCUT2D eigenvalue weighted by Gasteiger charge is 2.12. The molecule has 0 spiro atoms. The molecule has 1 N–H and O–H groups in total. The number of rotatable bonds is 2. The summed E-state index contributed by atoms with van der Waals surface area (Å²) in [4.78, 5) is 24.6. The minimum Gasteiger partial charge on any atom is -0.360 e. The molecule has 1 aromatic carbocycles.